The Morgan fingerprint density at radius 2 is 2.05 bits per heavy atom. The van der Waals surface area contributed by atoms with Gasteiger partial charge in [-0.05, 0) is 47.7 Å². The molecule has 0 bridgehead atoms. The molecule has 2 rings (SSSR count). The Morgan fingerprint density at radius 3 is 2.65 bits per heavy atom. The van der Waals surface area contributed by atoms with E-state index in [-0.39, 0.29) is 17.7 Å². The smallest absolute Gasteiger partial charge is 0.257 e. The molecule has 1 heterocycles. The number of hydrogen-bond acceptors (Lipinski definition) is 4. The Bertz CT molecular complexity index is 548. The van der Waals surface area contributed by atoms with E-state index in [1.54, 1.807) is 23.1 Å². The molecule has 1 aliphatic heterocycles. The van der Waals surface area contributed by atoms with Crippen molar-refractivity contribution in [3.8, 4) is 11.8 Å². The van der Waals surface area contributed by atoms with Crippen LogP contribution in [0.4, 0.5) is 0 Å². The Kier molecular flexibility index (Phi) is 4.83. The third kappa shape index (κ3) is 3.22. The number of phenolic OH excluding ortho intramolecular Hbond substituents is 1. The quantitative estimate of drug-likeness (QED) is 0.787. The van der Waals surface area contributed by atoms with E-state index in [9.17, 15) is 9.90 Å². The lowest BCUT2D eigenvalue weighted by Gasteiger charge is -2.36. The first-order valence-electron chi connectivity index (χ1n) is 6.44. The molecule has 1 saturated heterocycles. The number of amides is 1. The van der Waals surface area contributed by atoms with Gasteiger partial charge in [0.05, 0.1) is 17.7 Å². The van der Waals surface area contributed by atoms with Crippen LogP contribution >= 0.6 is 22.6 Å². The Hall–Kier alpha value is -1.33. The van der Waals surface area contributed by atoms with Crippen molar-refractivity contribution in [1.29, 1.82) is 5.26 Å². The zero-order valence-electron chi connectivity index (χ0n) is 11.2. The third-order valence-corrected chi connectivity index (χ3v) is 4.20. The maximum Gasteiger partial charge on any atom is 0.257 e. The highest BCUT2D eigenvalue weighted by Gasteiger charge is 2.25. The van der Waals surface area contributed by atoms with E-state index < -0.39 is 0 Å². The molecule has 0 saturated carbocycles. The number of carbonyl (C=O) groups excluding carboxylic acids is 1. The van der Waals surface area contributed by atoms with E-state index in [0.29, 0.717) is 31.7 Å². The lowest BCUT2D eigenvalue weighted by Crippen LogP contribution is -2.51. The van der Waals surface area contributed by atoms with Crippen molar-refractivity contribution in [2.24, 2.45) is 0 Å². The number of halogens is 1. The molecule has 5 nitrogen and oxygen atoms in total. The standard InChI is InChI=1S/C14H16IN3O2/c1-10(9-16)17-4-6-18(7-5-17)14(20)12-8-11(15)2-3-13(12)19/h2-3,8,10,19H,4-7H2,1H3. The van der Waals surface area contributed by atoms with Gasteiger partial charge in [-0.25, -0.2) is 0 Å². The molecule has 1 aliphatic rings. The fourth-order valence-electron chi connectivity index (χ4n) is 2.24. The maximum atomic E-state index is 12.4. The Balaban J connectivity index is 2.05. The summed E-state index contributed by atoms with van der Waals surface area (Å²) >= 11 is 2.12. The second-order valence-corrected chi connectivity index (χ2v) is 6.04. The van der Waals surface area contributed by atoms with Gasteiger partial charge in [-0.2, -0.15) is 5.26 Å². The molecule has 0 aromatic heterocycles. The molecule has 0 aliphatic carbocycles. The molecule has 1 N–H and O–H groups in total. The second-order valence-electron chi connectivity index (χ2n) is 4.79. The zero-order chi connectivity index (χ0) is 14.7. The number of hydrogen-bond donors (Lipinski definition) is 1. The number of benzene rings is 1. The predicted octanol–water partition coefficient (Wildman–Crippen LogP) is 1.67. The first kappa shape index (κ1) is 15.1. The summed E-state index contributed by atoms with van der Waals surface area (Å²) in [7, 11) is 0. The van der Waals surface area contributed by atoms with E-state index >= 15 is 0 Å². The predicted molar refractivity (Wildman–Crippen MR) is 83.4 cm³/mol. The van der Waals surface area contributed by atoms with Crippen molar-refractivity contribution in [2.45, 2.75) is 13.0 Å². The molecule has 1 amide bonds. The van der Waals surface area contributed by atoms with Crippen LogP contribution in [0, 0.1) is 14.9 Å². The van der Waals surface area contributed by atoms with Gasteiger partial charge in [0.2, 0.25) is 0 Å². The topological polar surface area (TPSA) is 67.6 Å². The Morgan fingerprint density at radius 1 is 1.40 bits per heavy atom. The van der Waals surface area contributed by atoms with Crippen LogP contribution in [0.5, 0.6) is 5.75 Å². The minimum absolute atomic E-state index is 0.0169. The van der Waals surface area contributed by atoms with Gasteiger partial charge in [-0.1, -0.05) is 0 Å². The first-order valence-corrected chi connectivity index (χ1v) is 7.52. The van der Waals surface area contributed by atoms with Crippen LogP contribution in [0.25, 0.3) is 0 Å². The second kappa shape index (κ2) is 6.41. The molecule has 106 valence electrons. The van der Waals surface area contributed by atoms with Crippen LogP contribution in [0.15, 0.2) is 18.2 Å². The summed E-state index contributed by atoms with van der Waals surface area (Å²) in [6, 6.07) is 7.09. The van der Waals surface area contributed by atoms with Gasteiger partial charge in [0.1, 0.15) is 5.75 Å². The van der Waals surface area contributed by atoms with Crippen molar-refractivity contribution < 1.29 is 9.90 Å². The highest BCUT2D eigenvalue weighted by atomic mass is 127. The Labute approximate surface area is 131 Å². The lowest BCUT2D eigenvalue weighted by atomic mass is 10.1. The summed E-state index contributed by atoms with van der Waals surface area (Å²) in [6.07, 6.45) is 0. The van der Waals surface area contributed by atoms with Crippen LogP contribution in [0.2, 0.25) is 0 Å². The monoisotopic (exact) mass is 385 g/mol. The SMILES string of the molecule is CC(C#N)N1CCN(C(=O)c2cc(I)ccc2O)CC1. The number of phenols is 1. The van der Waals surface area contributed by atoms with Crippen LogP contribution in [-0.4, -0.2) is 53.0 Å². The van der Waals surface area contributed by atoms with Crippen molar-refractivity contribution in [2.75, 3.05) is 26.2 Å². The number of carbonyl (C=O) groups is 1. The minimum Gasteiger partial charge on any atom is -0.507 e. The van der Waals surface area contributed by atoms with Crippen LogP contribution < -0.4 is 0 Å². The fraction of sp³-hybridized carbons (Fsp3) is 0.429. The third-order valence-electron chi connectivity index (χ3n) is 3.53. The highest BCUT2D eigenvalue weighted by Crippen LogP contribution is 2.22. The molecule has 1 atom stereocenters. The number of rotatable bonds is 2. The summed E-state index contributed by atoms with van der Waals surface area (Å²) in [6.45, 7) is 4.39. The highest BCUT2D eigenvalue weighted by molar-refractivity contribution is 14.1. The number of nitrogens with zero attached hydrogens (tertiary/aromatic N) is 3. The van der Waals surface area contributed by atoms with E-state index in [1.807, 2.05) is 6.92 Å². The molecule has 1 fully saturated rings. The maximum absolute atomic E-state index is 12.4. The van der Waals surface area contributed by atoms with Gasteiger partial charge in [0, 0.05) is 29.7 Å². The average Bonchev–Trinajstić information content (AvgIpc) is 2.48. The molecule has 6 heteroatoms. The van der Waals surface area contributed by atoms with Gasteiger partial charge in [-0.3, -0.25) is 9.69 Å². The van der Waals surface area contributed by atoms with Crippen LogP contribution in [0.1, 0.15) is 17.3 Å². The molecule has 1 unspecified atom stereocenters. The van der Waals surface area contributed by atoms with Gasteiger partial charge in [0.25, 0.3) is 5.91 Å². The molecule has 20 heavy (non-hydrogen) atoms. The van der Waals surface area contributed by atoms with Crippen molar-refractivity contribution in [3.63, 3.8) is 0 Å². The molecule has 0 radical (unpaired) electrons. The number of piperazine rings is 1. The minimum atomic E-state index is -0.148. The molecular weight excluding hydrogens is 369 g/mol. The number of aromatic hydroxyl groups is 1. The fourth-order valence-corrected chi connectivity index (χ4v) is 2.74. The average molecular weight is 385 g/mol. The normalized spacial score (nSPS) is 17.6. The van der Waals surface area contributed by atoms with Gasteiger partial charge in [-0.15, -0.1) is 0 Å². The zero-order valence-corrected chi connectivity index (χ0v) is 13.4. The van der Waals surface area contributed by atoms with Crippen molar-refractivity contribution in [3.05, 3.63) is 27.3 Å². The summed E-state index contributed by atoms with van der Waals surface area (Å²) in [4.78, 5) is 16.2. The van der Waals surface area contributed by atoms with Gasteiger partial charge >= 0.3 is 0 Å². The summed E-state index contributed by atoms with van der Waals surface area (Å²) in [5, 5.41) is 18.7. The summed E-state index contributed by atoms with van der Waals surface area (Å²) < 4.78 is 0.917. The molecular formula is C14H16IN3O2. The van der Waals surface area contributed by atoms with E-state index in [0.717, 1.165) is 3.57 Å². The first-order chi connectivity index (χ1) is 9.52. The lowest BCUT2D eigenvalue weighted by molar-refractivity contribution is 0.0613. The van der Waals surface area contributed by atoms with Crippen LogP contribution in [0.3, 0.4) is 0 Å². The van der Waals surface area contributed by atoms with E-state index in [4.69, 9.17) is 5.26 Å². The molecule has 1 aromatic carbocycles. The van der Waals surface area contributed by atoms with E-state index in [2.05, 4.69) is 33.6 Å². The van der Waals surface area contributed by atoms with E-state index in [1.165, 1.54) is 0 Å². The number of nitriles is 1. The molecule has 0 spiro atoms. The summed E-state index contributed by atoms with van der Waals surface area (Å²) in [5.41, 5.74) is 0.346. The summed E-state index contributed by atoms with van der Waals surface area (Å²) in [5.74, 6) is -0.131. The van der Waals surface area contributed by atoms with Crippen molar-refractivity contribution in [1.82, 2.24) is 9.80 Å². The molecule has 1 aromatic rings. The van der Waals surface area contributed by atoms with Crippen LogP contribution in [-0.2, 0) is 0 Å². The van der Waals surface area contributed by atoms with Gasteiger partial charge < -0.3 is 10.0 Å². The van der Waals surface area contributed by atoms with Crippen molar-refractivity contribution >= 4 is 28.5 Å². The van der Waals surface area contributed by atoms with Gasteiger partial charge in [0.15, 0.2) is 0 Å². The largest absolute Gasteiger partial charge is 0.507 e.